The van der Waals surface area contributed by atoms with Gasteiger partial charge < -0.3 is 9.42 Å². The molecule has 0 aromatic carbocycles. The van der Waals surface area contributed by atoms with Crippen LogP contribution < -0.4 is 5.56 Å². The number of rotatable bonds is 3. The van der Waals surface area contributed by atoms with Crippen LogP contribution in [0.5, 0.6) is 0 Å². The topological polar surface area (TPSA) is 81.2 Å². The fourth-order valence-corrected chi connectivity index (χ4v) is 4.26. The van der Waals surface area contributed by atoms with Gasteiger partial charge in [-0.05, 0) is 13.0 Å². The van der Waals surface area contributed by atoms with Gasteiger partial charge in [0.15, 0.2) is 5.15 Å². The van der Waals surface area contributed by atoms with Gasteiger partial charge in [0.05, 0.1) is 5.39 Å². The zero-order chi connectivity index (χ0) is 18.3. The second kappa shape index (κ2) is 6.85. The highest BCUT2D eigenvalue weighted by molar-refractivity contribution is 7.18. The van der Waals surface area contributed by atoms with Crippen molar-refractivity contribution in [1.29, 1.82) is 0 Å². The summed E-state index contributed by atoms with van der Waals surface area (Å²) in [4.78, 5) is 33.5. The van der Waals surface area contributed by atoms with Crippen molar-refractivity contribution in [1.82, 2.24) is 19.6 Å². The third-order valence-corrected chi connectivity index (χ3v) is 5.64. The van der Waals surface area contributed by atoms with Crippen LogP contribution in [0.25, 0.3) is 10.2 Å². The molecule has 0 atom stereocenters. The first kappa shape index (κ1) is 17.2. The van der Waals surface area contributed by atoms with E-state index in [9.17, 15) is 9.59 Å². The van der Waals surface area contributed by atoms with Crippen molar-refractivity contribution >= 4 is 39.1 Å². The number of carbonyl (C=O) groups is 1. The lowest BCUT2D eigenvalue weighted by Gasteiger charge is -2.19. The van der Waals surface area contributed by atoms with Crippen molar-refractivity contribution in [3.05, 3.63) is 44.1 Å². The van der Waals surface area contributed by atoms with Crippen molar-refractivity contribution in [3.8, 4) is 0 Å². The summed E-state index contributed by atoms with van der Waals surface area (Å²) in [6.07, 6.45) is 1.34. The third-order valence-electron chi connectivity index (χ3n) is 4.52. The minimum atomic E-state index is -0.0139. The molecule has 0 unspecified atom stereocenters. The molecule has 136 valence electrons. The van der Waals surface area contributed by atoms with Gasteiger partial charge in [-0.1, -0.05) is 16.8 Å². The van der Waals surface area contributed by atoms with Crippen LogP contribution in [0, 0.1) is 6.92 Å². The number of halogens is 1. The Bertz CT molecular complexity index is 1040. The van der Waals surface area contributed by atoms with Gasteiger partial charge in [-0.15, -0.1) is 11.3 Å². The molecule has 0 saturated carbocycles. The summed E-state index contributed by atoms with van der Waals surface area (Å²) in [5.74, 6) is 1.37. The van der Waals surface area contributed by atoms with Crippen molar-refractivity contribution in [2.24, 2.45) is 0 Å². The van der Waals surface area contributed by atoms with Gasteiger partial charge in [0.2, 0.25) is 5.91 Å². The Kier molecular flexibility index (Phi) is 4.54. The van der Waals surface area contributed by atoms with Crippen LogP contribution in [0.15, 0.2) is 21.5 Å². The number of nitrogens with zero attached hydrogens (tertiary/aromatic N) is 4. The average molecular weight is 393 g/mol. The van der Waals surface area contributed by atoms with Gasteiger partial charge in [0, 0.05) is 49.8 Å². The van der Waals surface area contributed by atoms with E-state index in [1.165, 1.54) is 11.3 Å². The molecule has 0 N–H and O–H groups in total. The van der Waals surface area contributed by atoms with Gasteiger partial charge in [0.25, 0.3) is 5.56 Å². The molecular weight excluding hydrogens is 376 g/mol. The maximum Gasteiger partial charge on any atom is 0.262 e. The Morgan fingerprint density at radius 3 is 2.96 bits per heavy atom. The highest BCUT2D eigenvalue weighted by atomic mass is 35.5. The summed E-state index contributed by atoms with van der Waals surface area (Å²) >= 11 is 7.25. The average Bonchev–Trinajstić information content (AvgIpc) is 3.12. The van der Waals surface area contributed by atoms with Gasteiger partial charge in [-0.25, -0.2) is 4.98 Å². The molecule has 1 aliphatic heterocycles. The molecular formula is C17H17ClN4O3S. The Morgan fingerprint density at radius 2 is 2.19 bits per heavy atom. The molecule has 0 spiro atoms. The molecule has 1 aliphatic rings. The smallest absolute Gasteiger partial charge is 0.262 e. The van der Waals surface area contributed by atoms with E-state index in [0.717, 1.165) is 15.5 Å². The maximum absolute atomic E-state index is 12.7. The van der Waals surface area contributed by atoms with Gasteiger partial charge >= 0.3 is 0 Å². The van der Waals surface area contributed by atoms with E-state index in [1.54, 1.807) is 15.5 Å². The molecule has 3 aromatic heterocycles. The first-order chi connectivity index (χ1) is 12.5. The molecule has 3 aromatic rings. The molecule has 0 fully saturated rings. The van der Waals surface area contributed by atoms with Gasteiger partial charge in [-0.3, -0.25) is 14.2 Å². The summed E-state index contributed by atoms with van der Waals surface area (Å²) in [6, 6.07) is 3.50. The van der Waals surface area contributed by atoms with Crippen LogP contribution >= 0.6 is 22.9 Å². The Balaban J connectivity index is 1.48. The molecule has 7 nitrogen and oxygen atoms in total. The van der Waals surface area contributed by atoms with Crippen molar-refractivity contribution < 1.29 is 9.32 Å². The Labute approximate surface area is 158 Å². The first-order valence-electron chi connectivity index (χ1n) is 8.40. The van der Waals surface area contributed by atoms with E-state index >= 15 is 0 Å². The number of amides is 1. The fourth-order valence-electron chi connectivity index (χ4n) is 3.21. The summed E-state index contributed by atoms with van der Waals surface area (Å²) in [5.41, 5.74) is -0.0139. The molecule has 4 rings (SSSR count). The number of carbonyl (C=O) groups excluding carboxylic acids is 1. The van der Waals surface area contributed by atoms with Crippen LogP contribution in [-0.2, 0) is 24.2 Å². The summed E-state index contributed by atoms with van der Waals surface area (Å²) in [7, 11) is 0. The SMILES string of the molecule is Cc1cc2c(=O)n3c(nc2s1)CCN(C(=O)CCc1cc(Cl)no1)CC3. The zero-order valence-corrected chi connectivity index (χ0v) is 15.8. The number of hydrogen-bond donors (Lipinski definition) is 0. The number of fused-ring (bicyclic) bond motifs is 2. The molecule has 1 amide bonds. The van der Waals surface area contributed by atoms with E-state index in [-0.39, 0.29) is 11.5 Å². The summed E-state index contributed by atoms with van der Waals surface area (Å²) in [5, 5.41) is 4.56. The van der Waals surface area contributed by atoms with Crippen molar-refractivity contribution in [2.75, 3.05) is 13.1 Å². The van der Waals surface area contributed by atoms with Crippen LogP contribution in [-0.4, -0.2) is 38.6 Å². The van der Waals surface area contributed by atoms with Crippen molar-refractivity contribution in [3.63, 3.8) is 0 Å². The standard InChI is InChI=1S/C17H17ClN4O3S/c1-10-8-12-16(26-10)19-14-4-5-21(6-7-22(14)17(12)24)15(23)3-2-11-9-13(18)20-25-11/h8-9H,2-7H2,1H3. The van der Waals surface area contributed by atoms with Gasteiger partial charge in [0.1, 0.15) is 16.4 Å². The second-order valence-electron chi connectivity index (χ2n) is 6.31. The van der Waals surface area contributed by atoms with Crippen LogP contribution in [0.3, 0.4) is 0 Å². The lowest BCUT2D eigenvalue weighted by Crippen LogP contribution is -2.34. The highest BCUT2D eigenvalue weighted by Gasteiger charge is 2.21. The highest BCUT2D eigenvalue weighted by Crippen LogP contribution is 2.21. The normalized spacial score (nSPS) is 14.5. The minimum absolute atomic E-state index is 0.0139. The quantitative estimate of drug-likeness (QED) is 0.683. The maximum atomic E-state index is 12.7. The van der Waals surface area contributed by atoms with Crippen molar-refractivity contribution in [2.45, 2.75) is 32.7 Å². The molecule has 26 heavy (non-hydrogen) atoms. The van der Waals surface area contributed by atoms with Gasteiger partial charge in [-0.2, -0.15) is 0 Å². The van der Waals surface area contributed by atoms with E-state index in [4.69, 9.17) is 16.1 Å². The molecule has 0 radical (unpaired) electrons. The largest absolute Gasteiger partial charge is 0.360 e. The predicted molar refractivity (Wildman–Crippen MR) is 98.7 cm³/mol. The molecule has 0 aliphatic carbocycles. The number of aromatic nitrogens is 3. The molecule has 4 heterocycles. The van der Waals surface area contributed by atoms with Crippen LogP contribution in [0.2, 0.25) is 5.15 Å². The second-order valence-corrected chi connectivity index (χ2v) is 7.93. The monoisotopic (exact) mass is 392 g/mol. The lowest BCUT2D eigenvalue weighted by molar-refractivity contribution is -0.131. The third kappa shape index (κ3) is 3.26. The van der Waals surface area contributed by atoms with Crippen LogP contribution in [0.4, 0.5) is 0 Å². The first-order valence-corrected chi connectivity index (χ1v) is 9.59. The van der Waals surface area contributed by atoms with E-state index in [0.29, 0.717) is 55.2 Å². The Morgan fingerprint density at radius 1 is 1.35 bits per heavy atom. The number of thiophene rings is 1. The number of aryl methyl sites for hydroxylation is 2. The summed E-state index contributed by atoms with van der Waals surface area (Å²) in [6.45, 7) is 3.49. The molecule has 0 saturated heterocycles. The predicted octanol–water partition coefficient (Wildman–Crippen LogP) is 2.43. The lowest BCUT2D eigenvalue weighted by atomic mass is 10.2. The van der Waals surface area contributed by atoms with E-state index in [1.807, 2.05) is 13.0 Å². The summed E-state index contributed by atoms with van der Waals surface area (Å²) < 4.78 is 6.74. The number of hydrogen-bond acceptors (Lipinski definition) is 6. The molecule has 0 bridgehead atoms. The minimum Gasteiger partial charge on any atom is -0.360 e. The molecule has 9 heteroatoms. The zero-order valence-electron chi connectivity index (χ0n) is 14.2. The fraction of sp³-hybridized carbons (Fsp3) is 0.412. The van der Waals surface area contributed by atoms with E-state index in [2.05, 4.69) is 10.1 Å². The Hall–Kier alpha value is -2.19. The van der Waals surface area contributed by atoms with Crippen LogP contribution in [0.1, 0.15) is 22.9 Å². The van der Waals surface area contributed by atoms with E-state index < -0.39 is 0 Å².